The molecule has 1 aromatic heterocycles. The van der Waals surface area contributed by atoms with Crippen LogP contribution >= 0.6 is 11.6 Å². The van der Waals surface area contributed by atoms with Crippen LogP contribution in [0.15, 0.2) is 40.8 Å². The number of para-hydroxylation sites is 1. The number of anilines is 2. The quantitative estimate of drug-likeness (QED) is 0.383. The zero-order chi connectivity index (χ0) is 26.8. The molecule has 202 valence electrons. The van der Waals surface area contributed by atoms with Gasteiger partial charge in [-0.2, -0.15) is 4.98 Å². The number of likely N-dealkylation sites (tertiary alicyclic amines) is 1. The number of aromatic nitrogens is 1. The second-order valence-electron chi connectivity index (χ2n) is 9.87. The van der Waals surface area contributed by atoms with Crippen molar-refractivity contribution in [1.82, 2.24) is 9.88 Å². The molecule has 1 saturated heterocycles. The van der Waals surface area contributed by atoms with Gasteiger partial charge in [0.1, 0.15) is 11.7 Å². The van der Waals surface area contributed by atoms with Gasteiger partial charge >= 0.3 is 5.97 Å². The number of halogens is 3. The molecule has 1 aliphatic heterocycles. The Morgan fingerprint density at radius 2 is 1.95 bits per heavy atom. The lowest BCUT2D eigenvalue weighted by Crippen LogP contribution is -2.40. The Hall–Kier alpha value is -3.24. The molecule has 1 aliphatic carbocycles. The molecule has 5 rings (SSSR count). The van der Waals surface area contributed by atoms with Gasteiger partial charge in [-0.25, -0.2) is 8.78 Å². The SMILES string of the molecule is O=C(O)C1CCC(OC[C@@H]2C[C@H](F)CN2C(=O)Cc2ccc3nc(Nc4ccccc4Cl)oc3c2F)CC1. The fourth-order valence-corrected chi connectivity index (χ4v) is 5.36. The Bertz CT molecular complexity index is 1330. The van der Waals surface area contributed by atoms with Gasteiger partial charge in [-0.3, -0.25) is 9.59 Å². The van der Waals surface area contributed by atoms with Crippen molar-refractivity contribution < 1.29 is 32.6 Å². The van der Waals surface area contributed by atoms with E-state index in [4.69, 9.17) is 25.9 Å². The van der Waals surface area contributed by atoms with E-state index in [9.17, 15) is 14.0 Å². The van der Waals surface area contributed by atoms with E-state index < -0.39 is 29.9 Å². The second-order valence-corrected chi connectivity index (χ2v) is 10.3. The Labute approximate surface area is 222 Å². The van der Waals surface area contributed by atoms with E-state index in [0.29, 0.717) is 36.4 Å². The lowest BCUT2D eigenvalue weighted by molar-refractivity contribution is -0.144. The van der Waals surface area contributed by atoms with Crippen LogP contribution in [0.1, 0.15) is 37.7 Å². The summed E-state index contributed by atoms with van der Waals surface area (Å²) in [5.74, 6) is -2.25. The fourth-order valence-electron chi connectivity index (χ4n) is 5.18. The van der Waals surface area contributed by atoms with E-state index in [1.54, 1.807) is 30.3 Å². The molecule has 38 heavy (non-hydrogen) atoms. The molecule has 0 spiro atoms. The summed E-state index contributed by atoms with van der Waals surface area (Å²) in [7, 11) is 0. The van der Waals surface area contributed by atoms with Crippen LogP contribution in [0, 0.1) is 11.7 Å². The minimum atomic E-state index is -1.18. The van der Waals surface area contributed by atoms with Crippen LogP contribution < -0.4 is 5.32 Å². The monoisotopic (exact) mass is 547 g/mol. The third-order valence-electron chi connectivity index (χ3n) is 7.27. The number of carboxylic acid groups (broad SMARTS) is 1. The molecule has 11 heteroatoms. The van der Waals surface area contributed by atoms with Gasteiger partial charge in [0.15, 0.2) is 11.4 Å². The molecule has 2 N–H and O–H groups in total. The first-order valence-corrected chi connectivity index (χ1v) is 13.0. The normalized spacial score (nSPS) is 23.6. The summed E-state index contributed by atoms with van der Waals surface area (Å²) in [6.45, 7) is 0.0892. The third kappa shape index (κ3) is 5.76. The van der Waals surface area contributed by atoms with Crippen molar-refractivity contribution >= 4 is 46.3 Å². The molecule has 2 atom stereocenters. The zero-order valence-electron chi connectivity index (χ0n) is 20.5. The molecule has 0 unspecified atom stereocenters. The van der Waals surface area contributed by atoms with Gasteiger partial charge in [-0.15, -0.1) is 0 Å². The summed E-state index contributed by atoms with van der Waals surface area (Å²) in [6, 6.07) is 9.63. The highest BCUT2D eigenvalue weighted by Gasteiger charge is 2.37. The van der Waals surface area contributed by atoms with Gasteiger partial charge in [0.2, 0.25) is 5.91 Å². The van der Waals surface area contributed by atoms with Gasteiger partial charge in [0, 0.05) is 12.0 Å². The molecule has 8 nitrogen and oxygen atoms in total. The molecule has 2 aromatic carbocycles. The van der Waals surface area contributed by atoms with Crippen LogP contribution in [0.3, 0.4) is 0 Å². The summed E-state index contributed by atoms with van der Waals surface area (Å²) in [4.78, 5) is 29.9. The van der Waals surface area contributed by atoms with Crippen LogP contribution in [0.25, 0.3) is 11.1 Å². The van der Waals surface area contributed by atoms with Gasteiger partial charge in [0.05, 0.1) is 48.3 Å². The summed E-state index contributed by atoms with van der Waals surface area (Å²) >= 11 is 6.15. The van der Waals surface area contributed by atoms with E-state index in [2.05, 4.69) is 10.3 Å². The van der Waals surface area contributed by atoms with Gasteiger partial charge in [-0.05, 0) is 43.9 Å². The molecule has 2 aliphatic rings. The average molecular weight is 548 g/mol. The van der Waals surface area contributed by atoms with Crippen molar-refractivity contribution in [2.45, 2.75) is 56.8 Å². The maximum atomic E-state index is 15.3. The van der Waals surface area contributed by atoms with Gasteiger partial charge in [0.25, 0.3) is 6.01 Å². The van der Waals surface area contributed by atoms with Crippen LogP contribution in [0.5, 0.6) is 0 Å². The molecule has 0 bridgehead atoms. The van der Waals surface area contributed by atoms with Crippen LogP contribution in [0.2, 0.25) is 5.02 Å². The summed E-state index contributed by atoms with van der Waals surface area (Å²) in [5, 5.41) is 12.5. The number of rotatable bonds is 8. The summed E-state index contributed by atoms with van der Waals surface area (Å²) in [5.41, 5.74) is 0.861. The predicted molar refractivity (Wildman–Crippen MR) is 137 cm³/mol. The summed E-state index contributed by atoms with van der Waals surface area (Å²) in [6.07, 6.45) is 0.908. The molecule has 3 aromatic rings. The number of ether oxygens (including phenoxy) is 1. The number of amides is 1. The molecule has 1 saturated carbocycles. The topological polar surface area (TPSA) is 105 Å². The van der Waals surface area contributed by atoms with Crippen molar-refractivity contribution in [1.29, 1.82) is 0 Å². The molecule has 1 amide bonds. The minimum Gasteiger partial charge on any atom is -0.481 e. The maximum Gasteiger partial charge on any atom is 0.306 e. The number of hydrogen-bond acceptors (Lipinski definition) is 6. The van der Waals surface area contributed by atoms with Crippen molar-refractivity contribution in [2.24, 2.45) is 5.92 Å². The molecule has 2 heterocycles. The highest BCUT2D eigenvalue weighted by atomic mass is 35.5. The first-order valence-electron chi connectivity index (χ1n) is 12.7. The van der Waals surface area contributed by atoms with Crippen LogP contribution in [-0.2, 0) is 20.7 Å². The number of nitrogens with one attached hydrogen (secondary N) is 1. The zero-order valence-corrected chi connectivity index (χ0v) is 21.3. The number of oxazole rings is 1. The molecule has 2 fully saturated rings. The Balaban J connectivity index is 1.23. The number of carboxylic acids is 1. The number of hydrogen-bond donors (Lipinski definition) is 2. The van der Waals surface area contributed by atoms with E-state index in [1.165, 1.54) is 11.0 Å². The Morgan fingerprint density at radius 1 is 1.18 bits per heavy atom. The second kappa shape index (κ2) is 11.2. The number of fused-ring (bicyclic) bond motifs is 1. The fraction of sp³-hybridized carbons (Fsp3) is 0.444. The molecular formula is C27H28ClF2N3O5. The van der Waals surface area contributed by atoms with Gasteiger partial charge < -0.3 is 24.5 Å². The predicted octanol–water partition coefficient (Wildman–Crippen LogP) is 5.51. The lowest BCUT2D eigenvalue weighted by atomic mass is 9.87. The highest BCUT2D eigenvalue weighted by molar-refractivity contribution is 6.33. The third-order valence-corrected chi connectivity index (χ3v) is 7.60. The van der Waals surface area contributed by atoms with Crippen molar-refractivity contribution in [3.63, 3.8) is 0 Å². The Morgan fingerprint density at radius 3 is 2.68 bits per heavy atom. The standard InChI is InChI=1S/C27H28ClF2N3O5/c28-20-3-1-2-4-21(20)31-27-32-22-10-7-16(24(30)25(22)38-27)11-23(34)33-13-17(29)12-18(33)14-37-19-8-5-15(6-9-19)26(35)36/h1-4,7,10,15,17-19H,5-6,8-9,11-14H2,(H,31,32)(H,35,36)/t15?,17-,18-,19?/m0/s1. The van der Waals surface area contributed by atoms with Crippen LogP contribution in [0.4, 0.5) is 20.5 Å². The molecular weight excluding hydrogens is 520 g/mol. The molecule has 0 radical (unpaired) electrons. The maximum absolute atomic E-state index is 15.3. The first kappa shape index (κ1) is 26.4. The number of benzene rings is 2. The highest BCUT2D eigenvalue weighted by Crippen LogP contribution is 2.31. The largest absolute Gasteiger partial charge is 0.481 e. The van der Waals surface area contributed by atoms with Crippen LogP contribution in [-0.4, -0.2) is 58.3 Å². The summed E-state index contributed by atoms with van der Waals surface area (Å²) < 4.78 is 41.1. The smallest absolute Gasteiger partial charge is 0.306 e. The number of carbonyl (C=O) groups excluding carboxylic acids is 1. The van der Waals surface area contributed by atoms with E-state index >= 15 is 4.39 Å². The van der Waals surface area contributed by atoms with E-state index in [0.717, 1.165) is 0 Å². The lowest BCUT2D eigenvalue weighted by Gasteiger charge is -2.29. The number of carbonyl (C=O) groups is 2. The number of alkyl halides is 1. The van der Waals surface area contributed by atoms with E-state index in [-0.39, 0.29) is 60.7 Å². The number of nitrogens with zero attached hydrogens (tertiary/aromatic N) is 2. The average Bonchev–Trinajstić information content (AvgIpc) is 3.49. The van der Waals surface area contributed by atoms with Crippen molar-refractivity contribution in [3.05, 3.63) is 52.8 Å². The minimum absolute atomic E-state index is 0.0601. The van der Waals surface area contributed by atoms with Gasteiger partial charge in [-0.1, -0.05) is 29.8 Å². The van der Waals surface area contributed by atoms with E-state index in [1.807, 2.05) is 0 Å². The number of aliphatic carboxylic acids is 1. The van der Waals surface area contributed by atoms with Crippen molar-refractivity contribution in [3.8, 4) is 0 Å². The Kier molecular flexibility index (Phi) is 7.80. The first-order chi connectivity index (χ1) is 18.3. The van der Waals surface area contributed by atoms with Crippen molar-refractivity contribution in [2.75, 3.05) is 18.5 Å².